The van der Waals surface area contributed by atoms with Gasteiger partial charge in [-0.05, 0) is 153 Å². The van der Waals surface area contributed by atoms with Gasteiger partial charge in [-0.2, -0.15) is 0 Å². The van der Waals surface area contributed by atoms with E-state index < -0.39 is 82.0 Å². The Balaban J connectivity index is 0.000000130. The Hall–Kier alpha value is -8.98. The van der Waals surface area contributed by atoms with E-state index in [-0.39, 0.29) is 172 Å². The summed E-state index contributed by atoms with van der Waals surface area (Å²) >= 11 is 0. The molecule has 8 aliphatic heterocycles. The van der Waals surface area contributed by atoms with Crippen LogP contribution in [0.1, 0.15) is 173 Å². The second-order valence-corrected chi connectivity index (χ2v) is 34.0. The van der Waals surface area contributed by atoms with Gasteiger partial charge in [-0.15, -0.1) is 0 Å². The van der Waals surface area contributed by atoms with Crippen molar-refractivity contribution in [2.45, 2.75) is 256 Å². The molecule has 0 radical (unpaired) electrons. The molecule has 0 N–H and O–H groups in total. The van der Waals surface area contributed by atoms with Gasteiger partial charge in [0, 0.05) is 94.1 Å². The Kier molecular flexibility index (Phi) is 21.8. The summed E-state index contributed by atoms with van der Waals surface area (Å²) in [6, 6.07) is 0. The molecule has 18 rings (SSSR count). The molecule has 28 heteroatoms. The van der Waals surface area contributed by atoms with Crippen molar-refractivity contribution < 1.29 is 133 Å². The molecule has 8 heterocycles. The van der Waals surface area contributed by atoms with Gasteiger partial charge < -0.3 is 66.3 Å². The lowest BCUT2D eigenvalue weighted by molar-refractivity contribution is -0.220. The molecule has 0 aromatic carbocycles. The van der Waals surface area contributed by atoms with Crippen molar-refractivity contribution in [2.24, 2.45) is 82.3 Å². The van der Waals surface area contributed by atoms with Crippen molar-refractivity contribution in [3.05, 3.63) is 73.9 Å². The quantitative estimate of drug-likeness (QED) is 0.0801. The largest absolute Gasteiger partial charge is 0.458 e. The first-order valence-corrected chi connectivity index (χ1v) is 37.3. The highest BCUT2D eigenvalue weighted by Crippen LogP contribution is 2.64. The molecule has 28 nitrogen and oxygen atoms in total. The highest BCUT2D eigenvalue weighted by molar-refractivity contribution is 5.92. The van der Waals surface area contributed by atoms with Crippen LogP contribution in [0.4, 0.5) is 0 Å². The van der Waals surface area contributed by atoms with Gasteiger partial charge in [0.05, 0.1) is 35.5 Å². The number of carbonyl (C=O) groups excluding carboxylic acids is 14. The minimum absolute atomic E-state index is 0.0266. The van der Waals surface area contributed by atoms with Crippen LogP contribution in [0.5, 0.6) is 0 Å². The number of carbonyl (C=O) groups is 14. The first kappa shape index (κ1) is 80.0. The Morgan fingerprint density at radius 2 is 1.02 bits per heavy atom. The van der Waals surface area contributed by atoms with Gasteiger partial charge in [0.2, 0.25) is 11.2 Å². The maximum atomic E-state index is 12.5. The average Bonchev–Trinajstić information content (AvgIpc) is 1.55. The monoisotopic (exact) mass is 1510 g/mol. The van der Waals surface area contributed by atoms with Gasteiger partial charge in [0.25, 0.3) is 0 Å². The molecule has 10 saturated carbocycles. The Bertz CT molecular complexity index is 3880. The van der Waals surface area contributed by atoms with Crippen LogP contribution in [0.3, 0.4) is 0 Å². The van der Waals surface area contributed by atoms with Gasteiger partial charge in [-0.1, -0.05) is 46.4 Å². The standard InChI is InChI=1S/C17H22O6.C16H20O6.C13H16O4.C12H14O4.C12H16O4.C10H12O4/c1-8(2)13(18)22-16(3,4)15(20)23-17(5)9-6-10-11(7-9)14(19)21-12(10)17;1-7(2)13(17)22-16(3,4)15(19)21-11-8-5-9-10(6-8)14(18)20-12(9)11;1-6(2)11(14)16-10-8-4-7-5-9(8)12(15)17-13(7,10)3;1-3-8(13)15-10-9-6-4-12(10,2)5-7(6)11(14)16-9;1-7(2)10(13)15-9-6-8-4-5-12(9,3)16-11(8)14;1-2-9(11)13-7-4-3-6-5-8(7)14-10(6)12/h9-12H,1,6-7H2,2-5H3;8-12H,1,5-6H2,2-4H3;7-10H,1,4-5H2,2-3H3;3,6-7,9-10H,1,4-5H2,2H3;8-9H,1,4-6H2,2-3H3;2,6-8H,1,3-5H2. The normalized spacial score (nSPS) is 39.4. The average molecular weight is 1510 g/mol. The predicted molar refractivity (Wildman–Crippen MR) is 371 cm³/mol. The van der Waals surface area contributed by atoms with E-state index in [4.69, 9.17) is 66.3 Å². The second kappa shape index (κ2) is 29.4. The molecule has 10 aliphatic carbocycles. The number of fused-ring (bicyclic) bond motifs is 9. The number of hydrogen-bond acceptors (Lipinski definition) is 28. The summed E-state index contributed by atoms with van der Waals surface area (Å²) in [7, 11) is 0. The van der Waals surface area contributed by atoms with Crippen LogP contribution in [0.2, 0.25) is 0 Å². The van der Waals surface area contributed by atoms with Crippen LogP contribution in [0.25, 0.3) is 0 Å². The molecule has 0 aromatic heterocycles. The molecule has 18 fully saturated rings. The number of rotatable bonds is 16. The first-order valence-electron chi connectivity index (χ1n) is 37.3. The van der Waals surface area contributed by atoms with Crippen LogP contribution in [0.15, 0.2) is 73.9 Å². The van der Waals surface area contributed by atoms with Crippen molar-refractivity contribution in [2.75, 3.05) is 0 Å². The van der Waals surface area contributed by atoms with Crippen LogP contribution >= 0.6 is 0 Å². The van der Waals surface area contributed by atoms with E-state index in [0.717, 1.165) is 69.9 Å². The third-order valence-electron chi connectivity index (χ3n) is 25.3. The maximum Gasteiger partial charge on any atom is 0.350 e. The van der Waals surface area contributed by atoms with Crippen molar-refractivity contribution >= 4 is 83.6 Å². The highest BCUT2D eigenvalue weighted by atomic mass is 16.7. The minimum Gasteiger partial charge on any atom is -0.458 e. The predicted octanol–water partition coefficient (Wildman–Crippen LogP) is 8.05. The summed E-state index contributed by atoms with van der Waals surface area (Å²) < 4.78 is 74.8. The van der Waals surface area contributed by atoms with Crippen LogP contribution in [-0.4, -0.2) is 167 Å². The molecule has 14 bridgehead atoms. The number of ether oxygens (including phenoxy) is 14. The second-order valence-electron chi connectivity index (χ2n) is 34.0. The van der Waals surface area contributed by atoms with Crippen molar-refractivity contribution in [3.8, 4) is 0 Å². The van der Waals surface area contributed by atoms with E-state index in [1.165, 1.54) is 41.5 Å². The maximum absolute atomic E-state index is 12.5. The molecule has 588 valence electrons. The van der Waals surface area contributed by atoms with E-state index in [9.17, 15) is 67.1 Å². The third kappa shape index (κ3) is 14.9. The zero-order valence-electron chi connectivity index (χ0n) is 63.4. The van der Waals surface area contributed by atoms with Crippen LogP contribution < -0.4 is 0 Å². The van der Waals surface area contributed by atoms with Gasteiger partial charge >= 0.3 is 83.6 Å². The van der Waals surface area contributed by atoms with Crippen molar-refractivity contribution in [3.63, 3.8) is 0 Å². The third-order valence-corrected chi connectivity index (χ3v) is 25.3. The van der Waals surface area contributed by atoms with E-state index in [1.54, 1.807) is 13.8 Å². The van der Waals surface area contributed by atoms with Crippen LogP contribution in [0, 0.1) is 82.3 Å². The van der Waals surface area contributed by atoms with Gasteiger partial charge in [-0.25, -0.2) is 38.4 Å². The topological polar surface area (TPSA) is 368 Å². The molecular weight excluding hydrogens is 1410 g/mol. The van der Waals surface area contributed by atoms with E-state index in [2.05, 4.69) is 46.4 Å². The van der Waals surface area contributed by atoms with E-state index in [0.29, 0.717) is 49.2 Å². The lowest BCUT2D eigenvalue weighted by atomic mass is 9.74. The van der Waals surface area contributed by atoms with Gasteiger partial charge in [0.1, 0.15) is 71.7 Å². The number of esters is 14. The summed E-state index contributed by atoms with van der Waals surface area (Å²) in [5.41, 5.74) is -3.84. The Morgan fingerprint density at radius 3 is 1.62 bits per heavy atom. The summed E-state index contributed by atoms with van der Waals surface area (Å²) in [4.78, 5) is 163. The van der Waals surface area contributed by atoms with Gasteiger partial charge in [-0.3, -0.25) is 28.8 Å². The van der Waals surface area contributed by atoms with Crippen molar-refractivity contribution in [1.82, 2.24) is 0 Å². The van der Waals surface area contributed by atoms with E-state index in [1.807, 2.05) is 20.8 Å². The lowest BCUT2D eigenvalue weighted by Gasteiger charge is -2.47. The fourth-order valence-corrected chi connectivity index (χ4v) is 19.3. The smallest absolute Gasteiger partial charge is 0.350 e. The molecule has 18 aliphatic rings. The SMILES string of the molecule is C=C(C)C(=O)OC(C)(C)C(=O)OC1(C)C2CC3C(=O)OC1C3C2.C=C(C)C(=O)OC(C)(C)C(=O)OC1C2CC3C(=O)OC1C3C2.C=C(C)C(=O)OC1C2CC3CC2C(=O)OC31C.C=C(C)C(=O)OC1CC2CCC1(C)OC2=O.C=CC(=O)OC1C2OC(=O)C3CC1(C)CC32.C=CC(=O)OC1CCC2CC1OC2=O. The summed E-state index contributed by atoms with van der Waals surface area (Å²) in [6.07, 6.45) is 10.4. The fourth-order valence-electron chi connectivity index (χ4n) is 19.3. The Labute approximate surface area is 626 Å². The summed E-state index contributed by atoms with van der Waals surface area (Å²) in [5.74, 6) is -4.00. The molecule has 0 aromatic rings. The molecular formula is C80H100O28. The molecule has 0 amide bonds. The molecule has 0 spiro atoms. The zero-order valence-corrected chi connectivity index (χ0v) is 63.4. The minimum atomic E-state index is -1.43. The molecule has 26 unspecified atom stereocenters. The number of hydrogen-bond donors (Lipinski definition) is 0. The first-order chi connectivity index (χ1) is 50.4. The summed E-state index contributed by atoms with van der Waals surface area (Å²) in [5, 5.41) is 0. The zero-order chi connectivity index (χ0) is 79.3. The van der Waals surface area contributed by atoms with Crippen LogP contribution in [-0.2, 0) is 133 Å². The highest BCUT2D eigenvalue weighted by Gasteiger charge is 2.72. The summed E-state index contributed by atoms with van der Waals surface area (Å²) in [6.45, 7) is 40.6. The van der Waals surface area contributed by atoms with Gasteiger partial charge in [0.15, 0.2) is 0 Å². The van der Waals surface area contributed by atoms with E-state index >= 15 is 0 Å². The molecule has 108 heavy (non-hydrogen) atoms. The fraction of sp³-hybridized carbons (Fsp3) is 0.675. The van der Waals surface area contributed by atoms with Crippen molar-refractivity contribution in [1.29, 1.82) is 0 Å². The molecule has 26 atom stereocenters. The lowest BCUT2D eigenvalue weighted by Crippen LogP contribution is -2.59. The Morgan fingerprint density at radius 1 is 0.472 bits per heavy atom. The molecule has 8 saturated heterocycles.